The summed E-state index contributed by atoms with van der Waals surface area (Å²) in [6, 6.07) is 4.52. The van der Waals surface area contributed by atoms with Crippen molar-refractivity contribution in [3.63, 3.8) is 0 Å². The maximum Gasteiger partial charge on any atom is 0.357 e. The Morgan fingerprint density at radius 2 is 2.30 bits per heavy atom. The Morgan fingerprint density at radius 1 is 1.52 bits per heavy atom. The van der Waals surface area contributed by atoms with Crippen molar-refractivity contribution in [2.75, 3.05) is 24.6 Å². The van der Waals surface area contributed by atoms with Gasteiger partial charge in [-0.1, -0.05) is 15.9 Å². The number of carbonyl (C=O) groups is 1. The third kappa shape index (κ3) is 4.73. The molecule has 2 aromatic rings. The minimum Gasteiger partial charge on any atom is -0.461 e. The highest BCUT2D eigenvalue weighted by Crippen LogP contribution is 2.25. The molecule has 0 spiro atoms. The highest BCUT2D eigenvalue weighted by molar-refractivity contribution is 9.10. The third-order valence-corrected chi connectivity index (χ3v) is 4.69. The van der Waals surface area contributed by atoms with Crippen molar-refractivity contribution in [1.29, 1.82) is 0 Å². The van der Waals surface area contributed by atoms with Crippen LogP contribution in [0.25, 0.3) is 0 Å². The Morgan fingerprint density at radius 3 is 3.00 bits per heavy atom. The molecule has 2 rings (SSSR count). The number of halogens is 2. The second kappa shape index (κ2) is 8.37. The van der Waals surface area contributed by atoms with Crippen molar-refractivity contribution in [2.24, 2.45) is 5.73 Å². The molecule has 0 aliphatic heterocycles. The molecule has 0 bridgehead atoms. The number of benzene rings is 1. The van der Waals surface area contributed by atoms with Gasteiger partial charge in [-0.15, -0.1) is 11.3 Å². The lowest BCUT2D eigenvalue weighted by Crippen LogP contribution is -2.29. The predicted octanol–water partition coefficient (Wildman–Crippen LogP) is 3.19. The number of aromatic nitrogens is 1. The molecule has 124 valence electrons. The summed E-state index contributed by atoms with van der Waals surface area (Å²) in [5.74, 6) is -0.753. The van der Waals surface area contributed by atoms with Crippen LogP contribution < -0.4 is 10.6 Å². The molecule has 1 aromatic carbocycles. The number of anilines is 1. The van der Waals surface area contributed by atoms with Gasteiger partial charge in [0.05, 0.1) is 6.61 Å². The number of rotatable bonds is 7. The maximum absolute atomic E-state index is 13.4. The fourth-order valence-electron chi connectivity index (χ4n) is 1.98. The second-order valence-corrected chi connectivity index (χ2v) is 6.37. The van der Waals surface area contributed by atoms with Crippen molar-refractivity contribution in [3.05, 3.63) is 45.1 Å². The first-order chi connectivity index (χ1) is 11.0. The van der Waals surface area contributed by atoms with Crippen LogP contribution in [0.4, 0.5) is 9.52 Å². The SMILES string of the molecule is CCOC(=O)c1csc(N(CCN)Cc2cc(F)ccc2Br)n1. The van der Waals surface area contributed by atoms with Crippen molar-refractivity contribution >= 4 is 38.4 Å². The van der Waals surface area contributed by atoms with Gasteiger partial charge in [0, 0.05) is 29.5 Å². The van der Waals surface area contributed by atoms with Gasteiger partial charge < -0.3 is 15.4 Å². The first-order valence-corrected chi connectivity index (χ1v) is 8.74. The summed E-state index contributed by atoms with van der Waals surface area (Å²) in [7, 11) is 0. The number of ether oxygens (including phenoxy) is 1. The molecule has 1 heterocycles. The summed E-state index contributed by atoms with van der Waals surface area (Å²) in [5.41, 5.74) is 6.71. The van der Waals surface area contributed by atoms with Gasteiger partial charge in [0.1, 0.15) is 5.82 Å². The highest BCUT2D eigenvalue weighted by atomic mass is 79.9. The Balaban J connectivity index is 2.21. The third-order valence-electron chi connectivity index (χ3n) is 3.02. The van der Waals surface area contributed by atoms with Gasteiger partial charge in [0.2, 0.25) is 0 Å². The van der Waals surface area contributed by atoms with Crippen LogP contribution in [0.5, 0.6) is 0 Å². The van der Waals surface area contributed by atoms with Crippen LogP contribution in [0.2, 0.25) is 0 Å². The maximum atomic E-state index is 13.4. The molecule has 1 aromatic heterocycles. The van der Waals surface area contributed by atoms with Crippen LogP contribution in [0.15, 0.2) is 28.1 Å². The average Bonchev–Trinajstić information content (AvgIpc) is 3.00. The molecule has 5 nitrogen and oxygen atoms in total. The van der Waals surface area contributed by atoms with E-state index in [1.807, 2.05) is 4.90 Å². The summed E-state index contributed by atoms with van der Waals surface area (Å²) in [6.45, 7) is 3.44. The summed E-state index contributed by atoms with van der Waals surface area (Å²) in [6.07, 6.45) is 0. The zero-order valence-electron chi connectivity index (χ0n) is 12.6. The van der Waals surface area contributed by atoms with Crippen LogP contribution in [-0.2, 0) is 11.3 Å². The van der Waals surface area contributed by atoms with Gasteiger partial charge in [-0.3, -0.25) is 0 Å². The van der Waals surface area contributed by atoms with Gasteiger partial charge in [0.25, 0.3) is 0 Å². The largest absolute Gasteiger partial charge is 0.461 e. The van der Waals surface area contributed by atoms with E-state index in [1.54, 1.807) is 18.4 Å². The number of nitrogens with two attached hydrogens (primary N) is 1. The Hall–Kier alpha value is -1.51. The molecular formula is C15H17BrFN3O2S. The Labute approximate surface area is 146 Å². The minimum absolute atomic E-state index is 0.271. The van der Waals surface area contributed by atoms with Crippen molar-refractivity contribution in [2.45, 2.75) is 13.5 Å². The molecule has 0 radical (unpaired) electrons. The number of hydrogen-bond acceptors (Lipinski definition) is 6. The molecule has 0 amide bonds. The smallest absolute Gasteiger partial charge is 0.357 e. The van der Waals surface area contributed by atoms with E-state index >= 15 is 0 Å². The summed E-state index contributed by atoms with van der Waals surface area (Å²) in [4.78, 5) is 17.9. The Bertz CT molecular complexity index is 680. The second-order valence-electron chi connectivity index (χ2n) is 4.68. The number of thiazole rings is 1. The fourth-order valence-corrected chi connectivity index (χ4v) is 3.17. The predicted molar refractivity (Wildman–Crippen MR) is 92.3 cm³/mol. The minimum atomic E-state index is -0.449. The fraction of sp³-hybridized carbons (Fsp3) is 0.333. The molecular weight excluding hydrogens is 385 g/mol. The lowest BCUT2D eigenvalue weighted by atomic mass is 10.2. The molecule has 0 saturated carbocycles. The highest BCUT2D eigenvalue weighted by Gasteiger charge is 2.17. The topological polar surface area (TPSA) is 68.5 Å². The van der Waals surface area contributed by atoms with Gasteiger partial charge in [0.15, 0.2) is 10.8 Å². The number of carbonyl (C=O) groups excluding carboxylic acids is 1. The van der Waals surface area contributed by atoms with Crippen LogP contribution in [0.3, 0.4) is 0 Å². The van der Waals surface area contributed by atoms with Crippen molar-refractivity contribution < 1.29 is 13.9 Å². The van der Waals surface area contributed by atoms with E-state index in [-0.39, 0.29) is 11.5 Å². The monoisotopic (exact) mass is 401 g/mol. The first-order valence-electron chi connectivity index (χ1n) is 7.06. The van der Waals surface area contributed by atoms with Gasteiger partial charge in [-0.2, -0.15) is 0 Å². The molecule has 0 unspecified atom stereocenters. The van der Waals surface area contributed by atoms with E-state index in [4.69, 9.17) is 10.5 Å². The average molecular weight is 402 g/mol. The molecule has 0 aliphatic carbocycles. The number of nitrogens with zero attached hydrogens (tertiary/aromatic N) is 2. The number of hydrogen-bond donors (Lipinski definition) is 1. The lowest BCUT2D eigenvalue weighted by molar-refractivity contribution is 0.0520. The van der Waals surface area contributed by atoms with E-state index in [1.165, 1.54) is 23.5 Å². The van der Waals surface area contributed by atoms with E-state index in [2.05, 4.69) is 20.9 Å². The molecule has 8 heteroatoms. The normalized spacial score (nSPS) is 10.6. The van der Waals surface area contributed by atoms with E-state index < -0.39 is 5.97 Å². The van der Waals surface area contributed by atoms with Gasteiger partial charge in [-0.25, -0.2) is 14.2 Å². The first kappa shape index (κ1) is 17.8. The van der Waals surface area contributed by atoms with E-state index in [9.17, 15) is 9.18 Å². The van der Waals surface area contributed by atoms with Crippen LogP contribution in [0, 0.1) is 5.82 Å². The summed E-state index contributed by atoms with van der Waals surface area (Å²) in [5, 5.41) is 2.30. The van der Waals surface area contributed by atoms with Crippen LogP contribution >= 0.6 is 27.3 Å². The van der Waals surface area contributed by atoms with Gasteiger partial charge >= 0.3 is 5.97 Å². The van der Waals surface area contributed by atoms with E-state index in [0.29, 0.717) is 31.4 Å². The molecule has 23 heavy (non-hydrogen) atoms. The molecule has 2 N–H and O–H groups in total. The molecule has 0 atom stereocenters. The quantitative estimate of drug-likeness (QED) is 0.721. The summed E-state index contributed by atoms with van der Waals surface area (Å²) < 4.78 is 19.2. The van der Waals surface area contributed by atoms with Gasteiger partial charge in [-0.05, 0) is 30.7 Å². The molecule has 0 saturated heterocycles. The lowest BCUT2D eigenvalue weighted by Gasteiger charge is -2.21. The Kier molecular flexibility index (Phi) is 6.49. The standard InChI is InChI=1S/C15H17BrFN3O2S/c1-2-22-14(21)13-9-23-15(19-13)20(6-5-18)8-10-7-11(17)3-4-12(10)16/h3-4,7,9H,2,5-6,8,18H2,1H3. The number of esters is 1. The summed E-state index contributed by atoms with van der Waals surface area (Å²) >= 11 is 4.75. The zero-order valence-corrected chi connectivity index (χ0v) is 15.0. The molecule has 0 fully saturated rings. The van der Waals surface area contributed by atoms with Crippen LogP contribution in [-0.4, -0.2) is 30.6 Å². The van der Waals surface area contributed by atoms with Crippen molar-refractivity contribution in [3.8, 4) is 0 Å². The van der Waals surface area contributed by atoms with Crippen molar-refractivity contribution in [1.82, 2.24) is 4.98 Å². The van der Waals surface area contributed by atoms with E-state index in [0.717, 1.165) is 10.0 Å². The molecule has 0 aliphatic rings. The zero-order chi connectivity index (χ0) is 16.8. The van der Waals surface area contributed by atoms with Crippen LogP contribution in [0.1, 0.15) is 23.0 Å².